The van der Waals surface area contributed by atoms with Crippen LogP contribution in [0.5, 0.6) is 5.75 Å². The number of rotatable bonds is 5. The highest BCUT2D eigenvalue weighted by atomic mass is 16.5. The molecule has 0 spiro atoms. The molecule has 25 heavy (non-hydrogen) atoms. The van der Waals surface area contributed by atoms with Gasteiger partial charge in [0.2, 0.25) is 0 Å². The smallest absolute Gasteiger partial charge is 0.119 e. The van der Waals surface area contributed by atoms with Gasteiger partial charge in [0.05, 0.1) is 17.8 Å². The lowest BCUT2D eigenvalue weighted by atomic mass is 9.79. The predicted octanol–water partition coefficient (Wildman–Crippen LogP) is 3.51. The van der Waals surface area contributed by atoms with Gasteiger partial charge >= 0.3 is 0 Å². The van der Waals surface area contributed by atoms with E-state index >= 15 is 0 Å². The van der Waals surface area contributed by atoms with Crippen molar-refractivity contribution in [1.82, 2.24) is 4.90 Å². The molecule has 2 saturated carbocycles. The van der Waals surface area contributed by atoms with Crippen molar-refractivity contribution in [2.24, 2.45) is 0 Å². The summed E-state index contributed by atoms with van der Waals surface area (Å²) in [6, 6.07) is 8.94. The summed E-state index contributed by atoms with van der Waals surface area (Å²) in [6.45, 7) is 1.97. The third kappa shape index (κ3) is 3.57. The number of methoxy groups -OCH3 is 1. The lowest BCUT2D eigenvalue weighted by Gasteiger charge is -2.42. The van der Waals surface area contributed by atoms with Crippen LogP contribution < -0.4 is 4.74 Å². The molecule has 138 valence electrons. The van der Waals surface area contributed by atoms with Crippen molar-refractivity contribution in [3.63, 3.8) is 0 Å². The van der Waals surface area contributed by atoms with Crippen molar-refractivity contribution < 1.29 is 14.6 Å². The number of aliphatic hydroxyl groups excluding tert-OH is 1. The Balaban J connectivity index is 1.39. The largest absolute Gasteiger partial charge is 0.490 e. The van der Waals surface area contributed by atoms with E-state index < -0.39 is 0 Å². The Morgan fingerprint density at radius 1 is 1.12 bits per heavy atom. The van der Waals surface area contributed by atoms with Gasteiger partial charge in [0, 0.05) is 26.2 Å². The molecule has 0 bridgehead atoms. The molecule has 1 aromatic carbocycles. The van der Waals surface area contributed by atoms with E-state index in [1.54, 1.807) is 0 Å². The number of likely N-dealkylation sites (tertiary alicyclic amines) is 1. The number of aliphatic hydroxyl groups is 1. The van der Waals surface area contributed by atoms with E-state index in [1.165, 1.54) is 31.2 Å². The highest BCUT2D eigenvalue weighted by Crippen LogP contribution is 2.43. The second-order valence-electron chi connectivity index (χ2n) is 8.10. The molecular weight excluding hydrogens is 314 g/mol. The molecule has 1 saturated heterocycles. The van der Waals surface area contributed by atoms with Gasteiger partial charge in [-0.25, -0.2) is 0 Å². The molecule has 0 amide bonds. The van der Waals surface area contributed by atoms with Crippen molar-refractivity contribution in [1.29, 1.82) is 0 Å². The summed E-state index contributed by atoms with van der Waals surface area (Å²) in [5.74, 6) is 0.997. The second-order valence-corrected chi connectivity index (χ2v) is 8.10. The normalized spacial score (nSPS) is 33.5. The third-order valence-electron chi connectivity index (χ3n) is 6.59. The van der Waals surface area contributed by atoms with E-state index in [9.17, 15) is 5.11 Å². The summed E-state index contributed by atoms with van der Waals surface area (Å²) in [5, 5.41) is 10.1. The van der Waals surface area contributed by atoms with Gasteiger partial charge < -0.3 is 14.6 Å². The lowest BCUT2D eigenvalue weighted by molar-refractivity contribution is -0.0879. The topological polar surface area (TPSA) is 41.9 Å². The summed E-state index contributed by atoms with van der Waals surface area (Å²) >= 11 is 0. The lowest BCUT2D eigenvalue weighted by Crippen LogP contribution is -2.51. The molecule has 0 unspecified atom stereocenters. The van der Waals surface area contributed by atoms with Crippen molar-refractivity contribution >= 4 is 0 Å². The summed E-state index contributed by atoms with van der Waals surface area (Å²) in [5.41, 5.74) is 1.26. The number of benzene rings is 1. The number of hydrogen-bond donors (Lipinski definition) is 1. The maximum atomic E-state index is 10.1. The van der Waals surface area contributed by atoms with Crippen molar-refractivity contribution in [2.75, 3.05) is 13.7 Å². The Labute approximate surface area is 151 Å². The maximum Gasteiger partial charge on any atom is 0.119 e. The van der Waals surface area contributed by atoms with Crippen molar-refractivity contribution in [2.45, 2.75) is 81.8 Å². The standard InChI is InChI=1S/C21H31NO3/c1-24-21-11-10-17(23)14-20(21)22(13-12-21)15-16-6-8-19(9-7-16)25-18-4-2-3-5-18/h6-9,17-18,20,23H,2-5,10-15H2,1H3/t17-,20-,21+/m1/s1. The van der Waals surface area contributed by atoms with Gasteiger partial charge in [-0.05, 0) is 69.1 Å². The minimum atomic E-state index is -0.184. The summed E-state index contributed by atoms with van der Waals surface area (Å²) < 4.78 is 12.0. The number of nitrogens with zero attached hydrogens (tertiary/aromatic N) is 1. The quantitative estimate of drug-likeness (QED) is 0.887. The van der Waals surface area contributed by atoms with Crippen LogP contribution in [0.1, 0.15) is 56.9 Å². The molecule has 3 atom stereocenters. The fraction of sp³-hybridized carbons (Fsp3) is 0.714. The number of ether oxygens (including phenoxy) is 2. The molecular formula is C21H31NO3. The van der Waals surface area contributed by atoms with Crippen LogP contribution >= 0.6 is 0 Å². The van der Waals surface area contributed by atoms with Gasteiger partial charge in [-0.2, -0.15) is 0 Å². The molecule has 3 fully saturated rings. The van der Waals surface area contributed by atoms with Gasteiger partial charge in [0.15, 0.2) is 0 Å². The maximum absolute atomic E-state index is 10.1. The SMILES string of the molecule is CO[C@]12CC[C@@H](O)C[C@H]1N(Cc1ccc(OC3CCCC3)cc1)CC2. The Morgan fingerprint density at radius 3 is 2.60 bits per heavy atom. The minimum absolute atomic E-state index is 0.0508. The first-order valence-corrected chi connectivity index (χ1v) is 9.91. The predicted molar refractivity (Wildman–Crippen MR) is 97.7 cm³/mol. The Morgan fingerprint density at radius 2 is 1.88 bits per heavy atom. The van der Waals surface area contributed by atoms with E-state index in [-0.39, 0.29) is 11.7 Å². The minimum Gasteiger partial charge on any atom is -0.490 e. The molecule has 2 aliphatic carbocycles. The fourth-order valence-corrected chi connectivity index (χ4v) is 5.07. The highest BCUT2D eigenvalue weighted by molar-refractivity contribution is 5.28. The van der Waals surface area contributed by atoms with E-state index in [4.69, 9.17) is 9.47 Å². The second kappa shape index (κ2) is 7.26. The van der Waals surface area contributed by atoms with E-state index in [2.05, 4.69) is 29.2 Å². The van der Waals surface area contributed by atoms with Crippen LogP contribution in [0.3, 0.4) is 0 Å². The zero-order valence-corrected chi connectivity index (χ0v) is 15.3. The molecule has 1 N–H and O–H groups in total. The van der Waals surface area contributed by atoms with Crippen LogP contribution in [0.2, 0.25) is 0 Å². The van der Waals surface area contributed by atoms with Crippen LogP contribution in [0.25, 0.3) is 0 Å². The molecule has 4 nitrogen and oxygen atoms in total. The molecule has 4 heteroatoms. The molecule has 1 aromatic rings. The van der Waals surface area contributed by atoms with Crippen LogP contribution in [0.15, 0.2) is 24.3 Å². The molecule has 0 aromatic heterocycles. The van der Waals surface area contributed by atoms with E-state index in [0.29, 0.717) is 12.1 Å². The Bertz CT molecular complexity index is 569. The van der Waals surface area contributed by atoms with Gasteiger partial charge in [-0.3, -0.25) is 4.90 Å². The Kier molecular flexibility index (Phi) is 5.03. The average Bonchev–Trinajstić information content (AvgIpc) is 3.26. The summed E-state index contributed by atoms with van der Waals surface area (Å²) in [4.78, 5) is 2.50. The summed E-state index contributed by atoms with van der Waals surface area (Å²) in [6.07, 6.45) is 8.95. The monoisotopic (exact) mass is 345 g/mol. The van der Waals surface area contributed by atoms with Gasteiger partial charge in [0.25, 0.3) is 0 Å². The van der Waals surface area contributed by atoms with Gasteiger partial charge in [-0.15, -0.1) is 0 Å². The van der Waals surface area contributed by atoms with E-state index in [0.717, 1.165) is 44.5 Å². The summed E-state index contributed by atoms with van der Waals surface area (Å²) in [7, 11) is 1.84. The average molecular weight is 345 g/mol. The highest BCUT2D eigenvalue weighted by Gasteiger charge is 2.50. The zero-order chi connectivity index (χ0) is 17.3. The third-order valence-corrected chi connectivity index (χ3v) is 6.59. The molecule has 1 heterocycles. The van der Waals surface area contributed by atoms with Gasteiger partial charge in [-0.1, -0.05) is 12.1 Å². The molecule has 4 rings (SSSR count). The zero-order valence-electron chi connectivity index (χ0n) is 15.3. The Hall–Kier alpha value is -1.10. The fourth-order valence-electron chi connectivity index (χ4n) is 5.07. The van der Waals surface area contributed by atoms with Crippen LogP contribution in [0, 0.1) is 0 Å². The van der Waals surface area contributed by atoms with E-state index in [1.807, 2.05) is 7.11 Å². The first-order chi connectivity index (χ1) is 12.2. The molecule has 3 aliphatic rings. The van der Waals surface area contributed by atoms with Crippen molar-refractivity contribution in [3.05, 3.63) is 29.8 Å². The first-order valence-electron chi connectivity index (χ1n) is 9.91. The van der Waals surface area contributed by atoms with Crippen LogP contribution in [-0.2, 0) is 11.3 Å². The first kappa shape index (κ1) is 17.3. The number of hydrogen-bond acceptors (Lipinski definition) is 4. The molecule has 1 aliphatic heterocycles. The van der Waals surface area contributed by atoms with Crippen LogP contribution in [0.4, 0.5) is 0 Å². The number of fused-ring (bicyclic) bond motifs is 1. The van der Waals surface area contributed by atoms with Crippen molar-refractivity contribution in [3.8, 4) is 5.75 Å². The van der Waals surface area contributed by atoms with Gasteiger partial charge in [0.1, 0.15) is 5.75 Å². The molecule has 0 radical (unpaired) electrons. The van der Waals surface area contributed by atoms with Crippen LogP contribution in [-0.4, -0.2) is 47.5 Å².